The van der Waals surface area contributed by atoms with Crippen LogP contribution in [0.25, 0.3) is 0 Å². The van der Waals surface area contributed by atoms with Gasteiger partial charge in [0.05, 0.1) is 10.0 Å². The molecule has 0 saturated heterocycles. The largest absolute Gasteiger partial charge is 0.329 e. The first-order valence-electron chi connectivity index (χ1n) is 5.05. The van der Waals surface area contributed by atoms with Crippen molar-refractivity contribution in [2.24, 2.45) is 5.73 Å². The summed E-state index contributed by atoms with van der Waals surface area (Å²) in [6, 6.07) is 1.89. The Bertz CT molecular complexity index is 551. The lowest BCUT2D eigenvalue weighted by Gasteiger charge is -2.23. The molecule has 0 amide bonds. The molecule has 1 rings (SSSR count). The van der Waals surface area contributed by atoms with E-state index in [0.29, 0.717) is 0 Å². The van der Waals surface area contributed by atoms with Gasteiger partial charge in [-0.15, -0.1) is 0 Å². The summed E-state index contributed by atoms with van der Waals surface area (Å²) in [7, 11) is -2.54. The summed E-state index contributed by atoms with van der Waals surface area (Å²) in [5.74, 6) is -0.951. The maximum absolute atomic E-state index is 13.5. The van der Waals surface area contributed by atoms with Crippen LogP contribution in [0, 0.1) is 5.82 Å². The van der Waals surface area contributed by atoms with Gasteiger partial charge in [-0.1, -0.05) is 23.2 Å². The maximum Gasteiger partial charge on any atom is 0.244 e. The van der Waals surface area contributed by atoms with Crippen molar-refractivity contribution in [1.29, 1.82) is 0 Å². The second kappa shape index (κ2) is 5.71. The number of sulfonamides is 1. The highest BCUT2D eigenvalue weighted by Gasteiger charge is 2.28. The Labute approximate surface area is 116 Å². The molecule has 18 heavy (non-hydrogen) atoms. The van der Waals surface area contributed by atoms with E-state index in [4.69, 9.17) is 28.9 Å². The molecule has 0 aliphatic carbocycles. The number of hydrogen-bond acceptors (Lipinski definition) is 3. The standard InChI is InChI=1S/C10H13Cl2FN2O2S/c1-6(5-14)15(2)18(16,17)8-4-3-7(11)10(13)9(8)12/h3-4,6H,5,14H2,1-2H3. The van der Waals surface area contributed by atoms with Crippen LogP contribution in [-0.2, 0) is 10.0 Å². The van der Waals surface area contributed by atoms with E-state index in [9.17, 15) is 12.8 Å². The Morgan fingerprint density at radius 2 is 2.00 bits per heavy atom. The van der Waals surface area contributed by atoms with Gasteiger partial charge >= 0.3 is 0 Å². The summed E-state index contributed by atoms with van der Waals surface area (Å²) in [6.07, 6.45) is 0. The third-order valence-corrected chi connectivity index (χ3v) is 5.41. The normalized spacial score (nSPS) is 13.9. The van der Waals surface area contributed by atoms with Gasteiger partial charge in [0.25, 0.3) is 0 Å². The highest BCUT2D eigenvalue weighted by molar-refractivity contribution is 7.89. The predicted octanol–water partition coefficient (Wildman–Crippen LogP) is 2.10. The molecule has 0 bridgehead atoms. The fourth-order valence-corrected chi connectivity index (χ4v) is 3.34. The fraction of sp³-hybridized carbons (Fsp3) is 0.400. The molecule has 0 aliphatic rings. The van der Waals surface area contributed by atoms with Crippen molar-refractivity contribution in [2.45, 2.75) is 17.9 Å². The molecule has 0 spiro atoms. The van der Waals surface area contributed by atoms with Crippen LogP contribution in [0.4, 0.5) is 4.39 Å². The average Bonchev–Trinajstić information content (AvgIpc) is 2.33. The smallest absolute Gasteiger partial charge is 0.244 e. The van der Waals surface area contributed by atoms with Crippen LogP contribution in [-0.4, -0.2) is 32.4 Å². The van der Waals surface area contributed by atoms with Crippen molar-refractivity contribution in [3.05, 3.63) is 28.0 Å². The number of halogens is 3. The molecular weight excluding hydrogens is 302 g/mol. The first-order valence-corrected chi connectivity index (χ1v) is 7.24. The number of likely N-dealkylation sites (N-methyl/N-ethyl adjacent to an activating group) is 1. The number of nitrogens with zero attached hydrogens (tertiary/aromatic N) is 1. The van der Waals surface area contributed by atoms with E-state index in [0.717, 1.165) is 10.4 Å². The summed E-state index contributed by atoms with van der Waals surface area (Å²) in [4.78, 5) is -0.325. The van der Waals surface area contributed by atoms with Gasteiger partial charge in [-0.2, -0.15) is 4.31 Å². The minimum absolute atomic E-state index is 0.142. The van der Waals surface area contributed by atoms with E-state index in [1.165, 1.54) is 13.1 Å². The molecule has 2 N–H and O–H groups in total. The lowest BCUT2D eigenvalue weighted by atomic mass is 10.3. The van der Waals surface area contributed by atoms with Gasteiger partial charge < -0.3 is 5.73 Å². The fourth-order valence-electron chi connectivity index (χ4n) is 1.25. The second-order valence-electron chi connectivity index (χ2n) is 3.78. The Morgan fingerprint density at radius 1 is 1.44 bits per heavy atom. The zero-order valence-electron chi connectivity index (χ0n) is 9.82. The number of nitrogens with two attached hydrogens (primary N) is 1. The van der Waals surface area contributed by atoms with Crippen LogP contribution in [0.2, 0.25) is 10.0 Å². The quantitative estimate of drug-likeness (QED) is 0.866. The first-order chi connectivity index (χ1) is 8.23. The van der Waals surface area contributed by atoms with Gasteiger partial charge in [0.15, 0.2) is 5.82 Å². The summed E-state index contributed by atoms with van der Waals surface area (Å²) < 4.78 is 38.9. The van der Waals surface area contributed by atoms with E-state index in [2.05, 4.69) is 0 Å². The van der Waals surface area contributed by atoms with Crippen molar-refractivity contribution in [2.75, 3.05) is 13.6 Å². The lowest BCUT2D eigenvalue weighted by molar-refractivity contribution is 0.394. The zero-order chi connectivity index (χ0) is 14.1. The SMILES string of the molecule is CC(CN)N(C)S(=O)(=O)c1ccc(Cl)c(F)c1Cl. The molecule has 1 aromatic rings. The van der Waals surface area contributed by atoms with E-state index >= 15 is 0 Å². The summed E-state index contributed by atoms with van der Waals surface area (Å²) in [5.41, 5.74) is 5.41. The van der Waals surface area contributed by atoms with E-state index in [1.54, 1.807) is 6.92 Å². The Kier molecular flexibility index (Phi) is 4.97. The number of rotatable bonds is 4. The third kappa shape index (κ3) is 2.78. The van der Waals surface area contributed by atoms with Gasteiger partial charge in [0.2, 0.25) is 10.0 Å². The molecule has 1 atom stereocenters. The van der Waals surface area contributed by atoms with Gasteiger partial charge in [0, 0.05) is 19.6 Å². The molecule has 1 unspecified atom stereocenters. The van der Waals surface area contributed by atoms with Crippen LogP contribution in [0.1, 0.15) is 6.92 Å². The van der Waals surface area contributed by atoms with Crippen LogP contribution < -0.4 is 5.73 Å². The van der Waals surface area contributed by atoms with Crippen LogP contribution in [0.5, 0.6) is 0 Å². The number of benzene rings is 1. The molecule has 102 valence electrons. The minimum Gasteiger partial charge on any atom is -0.329 e. The molecule has 1 aromatic carbocycles. The van der Waals surface area contributed by atoms with Crippen molar-refractivity contribution < 1.29 is 12.8 Å². The van der Waals surface area contributed by atoms with Gasteiger partial charge in [-0.05, 0) is 19.1 Å². The molecule has 0 saturated carbocycles. The summed E-state index contributed by atoms with van der Waals surface area (Å²) >= 11 is 11.2. The van der Waals surface area contributed by atoms with E-state index < -0.39 is 26.9 Å². The zero-order valence-corrected chi connectivity index (χ0v) is 12.2. The molecule has 0 heterocycles. The highest BCUT2D eigenvalue weighted by Crippen LogP contribution is 2.31. The number of hydrogen-bond donors (Lipinski definition) is 1. The molecule has 4 nitrogen and oxygen atoms in total. The van der Waals surface area contributed by atoms with Crippen LogP contribution >= 0.6 is 23.2 Å². The Balaban J connectivity index is 3.34. The summed E-state index contributed by atoms with van der Waals surface area (Å²) in [6.45, 7) is 1.78. The molecule has 8 heteroatoms. The molecule has 0 fully saturated rings. The predicted molar refractivity (Wildman–Crippen MR) is 69.9 cm³/mol. The average molecular weight is 315 g/mol. The van der Waals surface area contributed by atoms with Gasteiger partial charge in [-0.3, -0.25) is 0 Å². The van der Waals surface area contributed by atoms with Gasteiger partial charge in [0.1, 0.15) is 4.90 Å². The highest BCUT2D eigenvalue weighted by atomic mass is 35.5. The molecular formula is C10H13Cl2FN2O2S. The molecule has 0 aliphatic heterocycles. The summed E-state index contributed by atoms with van der Waals surface area (Å²) in [5, 5.41) is -0.743. The van der Waals surface area contributed by atoms with Crippen molar-refractivity contribution >= 4 is 33.2 Å². The third-order valence-electron chi connectivity index (χ3n) is 2.62. The van der Waals surface area contributed by atoms with Gasteiger partial charge in [-0.25, -0.2) is 12.8 Å². The topological polar surface area (TPSA) is 63.4 Å². The molecule has 0 radical (unpaired) electrons. The van der Waals surface area contributed by atoms with Crippen molar-refractivity contribution in [1.82, 2.24) is 4.31 Å². The monoisotopic (exact) mass is 314 g/mol. The minimum atomic E-state index is -3.90. The van der Waals surface area contributed by atoms with E-state index in [1.807, 2.05) is 0 Å². The van der Waals surface area contributed by atoms with Crippen LogP contribution in [0.3, 0.4) is 0 Å². The second-order valence-corrected chi connectivity index (χ2v) is 6.53. The molecule has 0 aromatic heterocycles. The maximum atomic E-state index is 13.5. The van der Waals surface area contributed by atoms with Crippen LogP contribution in [0.15, 0.2) is 17.0 Å². The lowest BCUT2D eigenvalue weighted by Crippen LogP contribution is -2.39. The Morgan fingerprint density at radius 3 is 2.50 bits per heavy atom. The van der Waals surface area contributed by atoms with Crippen molar-refractivity contribution in [3.8, 4) is 0 Å². The van der Waals surface area contributed by atoms with Crippen molar-refractivity contribution in [3.63, 3.8) is 0 Å². The Hall–Kier alpha value is -0.400. The first kappa shape index (κ1) is 15.7. The van der Waals surface area contributed by atoms with E-state index in [-0.39, 0.29) is 16.5 Å².